The molecule has 0 N–H and O–H groups in total. The van der Waals surface area contributed by atoms with E-state index in [1.54, 1.807) is 23.9 Å². The van der Waals surface area contributed by atoms with E-state index >= 15 is 0 Å². The molecule has 0 saturated carbocycles. The van der Waals surface area contributed by atoms with E-state index in [4.69, 9.17) is 4.74 Å². The second kappa shape index (κ2) is 6.80. The first-order valence-electron chi connectivity index (χ1n) is 5.08. The molecule has 0 fully saturated rings. The maximum atomic E-state index is 11.5. The third kappa shape index (κ3) is 3.99. The Morgan fingerprint density at radius 3 is 3.06 bits per heavy atom. The number of aryl methyl sites for hydroxylation is 1. The van der Waals surface area contributed by atoms with E-state index < -0.39 is 6.09 Å². The summed E-state index contributed by atoms with van der Waals surface area (Å²) in [6.07, 6.45) is 2.91. The minimum atomic E-state index is -0.479. The van der Waals surface area contributed by atoms with Crippen LogP contribution in [-0.2, 0) is 11.2 Å². The lowest BCUT2D eigenvalue weighted by Gasteiger charge is -2.11. The van der Waals surface area contributed by atoms with Gasteiger partial charge >= 0.3 is 6.09 Å². The van der Waals surface area contributed by atoms with E-state index in [9.17, 15) is 4.79 Å². The average molecular weight is 253 g/mol. The SMILES string of the molecule is C=CN(C=NC)C(=O)OCCc1scnc1C. The number of thiazole rings is 1. The number of hydrogen-bond acceptors (Lipinski definition) is 5. The predicted octanol–water partition coefficient (Wildman–Crippen LogP) is 2.23. The molecule has 1 aromatic rings. The van der Waals surface area contributed by atoms with Gasteiger partial charge in [0.05, 0.1) is 24.1 Å². The molecule has 17 heavy (non-hydrogen) atoms. The van der Waals surface area contributed by atoms with Crippen molar-refractivity contribution in [1.82, 2.24) is 9.88 Å². The monoisotopic (exact) mass is 253 g/mol. The van der Waals surface area contributed by atoms with Crippen molar-refractivity contribution in [2.45, 2.75) is 13.3 Å². The van der Waals surface area contributed by atoms with Crippen LogP contribution in [-0.4, -0.2) is 36.0 Å². The van der Waals surface area contributed by atoms with Crippen LogP contribution in [0.15, 0.2) is 23.3 Å². The topological polar surface area (TPSA) is 54.8 Å². The molecule has 0 aliphatic carbocycles. The fraction of sp³-hybridized carbons (Fsp3) is 0.364. The average Bonchev–Trinajstić information content (AvgIpc) is 2.72. The van der Waals surface area contributed by atoms with Gasteiger partial charge in [0, 0.05) is 24.5 Å². The maximum Gasteiger partial charge on any atom is 0.419 e. The summed E-state index contributed by atoms with van der Waals surface area (Å²) in [6, 6.07) is 0. The summed E-state index contributed by atoms with van der Waals surface area (Å²) in [5.74, 6) is 0. The van der Waals surface area contributed by atoms with Gasteiger partial charge in [-0.05, 0) is 6.92 Å². The highest BCUT2D eigenvalue weighted by atomic mass is 32.1. The number of carbonyl (C=O) groups excluding carboxylic acids is 1. The number of carbonyl (C=O) groups is 1. The Morgan fingerprint density at radius 2 is 2.53 bits per heavy atom. The lowest BCUT2D eigenvalue weighted by atomic mass is 10.3. The molecule has 1 rings (SSSR count). The van der Waals surface area contributed by atoms with E-state index in [2.05, 4.69) is 16.6 Å². The first-order chi connectivity index (χ1) is 8.19. The molecule has 0 bridgehead atoms. The molecule has 92 valence electrons. The van der Waals surface area contributed by atoms with Crippen LogP contribution in [0.4, 0.5) is 4.79 Å². The van der Waals surface area contributed by atoms with Crippen molar-refractivity contribution in [2.75, 3.05) is 13.7 Å². The molecule has 0 aromatic carbocycles. The minimum absolute atomic E-state index is 0.323. The molecule has 0 radical (unpaired) electrons. The first-order valence-corrected chi connectivity index (χ1v) is 5.96. The van der Waals surface area contributed by atoms with E-state index in [-0.39, 0.29) is 0 Å². The fourth-order valence-corrected chi connectivity index (χ4v) is 1.93. The third-order valence-corrected chi connectivity index (χ3v) is 3.04. The second-order valence-corrected chi connectivity index (χ2v) is 4.13. The molecule has 6 heteroatoms. The van der Waals surface area contributed by atoms with Crippen LogP contribution in [0.25, 0.3) is 0 Å². The number of aliphatic imine (C=N–C) groups is 1. The number of aromatic nitrogens is 1. The standard InChI is InChI=1S/C11H15N3O2S/c1-4-14(7-12-3)11(15)16-6-5-10-9(2)13-8-17-10/h4,7-8H,1,5-6H2,2-3H3. The highest BCUT2D eigenvalue weighted by molar-refractivity contribution is 7.09. The third-order valence-electron chi connectivity index (χ3n) is 2.05. The quantitative estimate of drug-likeness (QED) is 0.597. The number of amides is 1. The number of hydrogen-bond donors (Lipinski definition) is 0. The molecule has 0 aliphatic rings. The minimum Gasteiger partial charge on any atom is -0.449 e. The summed E-state index contributed by atoms with van der Waals surface area (Å²) in [4.78, 5) is 21.7. The first kappa shape index (κ1) is 13.4. The van der Waals surface area contributed by atoms with Gasteiger partial charge in [0.25, 0.3) is 0 Å². The van der Waals surface area contributed by atoms with Crippen molar-refractivity contribution in [3.8, 4) is 0 Å². The molecular weight excluding hydrogens is 238 g/mol. The Hall–Kier alpha value is -1.69. The lowest BCUT2D eigenvalue weighted by molar-refractivity contribution is 0.134. The van der Waals surface area contributed by atoms with Crippen molar-refractivity contribution in [1.29, 1.82) is 0 Å². The summed E-state index contributed by atoms with van der Waals surface area (Å²) < 4.78 is 5.08. The van der Waals surface area contributed by atoms with Gasteiger partial charge in [0.2, 0.25) is 0 Å². The van der Waals surface area contributed by atoms with E-state index in [0.29, 0.717) is 13.0 Å². The van der Waals surface area contributed by atoms with Crippen LogP contribution < -0.4 is 0 Å². The van der Waals surface area contributed by atoms with Gasteiger partial charge < -0.3 is 4.74 Å². The Kier molecular flexibility index (Phi) is 5.35. The van der Waals surface area contributed by atoms with Crippen LogP contribution in [0.3, 0.4) is 0 Å². The zero-order valence-electron chi connectivity index (χ0n) is 9.92. The van der Waals surface area contributed by atoms with Gasteiger partial charge in [-0.3, -0.25) is 4.99 Å². The Balaban J connectivity index is 2.38. The Bertz CT molecular complexity index is 415. The highest BCUT2D eigenvalue weighted by Crippen LogP contribution is 2.12. The normalized spacial score (nSPS) is 10.5. The van der Waals surface area contributed by atoms with Gasteiger partial charge in [-0.15, -0.1) is 11.3 Å². The van der Waals surface area contributed by atoms with Crippen LogP contribution in [0, 0.1) is 6.92 Å². The summed E-state index contributed by atoms with van der Waals surface area (Å²) in [5, 5.41) is 0. The zero-order chi connectivity index (χ0) is 12.7. The van der Waals surface area contributed by atoms with Gasteiger partial charge in [0.1, 0.15) is 0 Å². The summed E-state index contributed by atoms with van der Waals surface area (Å²) in [6.45, 7) is 5.76. The van der Waals surface area contributed by atoms with Crippen molar-refractivity contribution in [2.24, 2.45) is 4.99 Å². The summed E-state index contributed by atoms with van der Waals surface area (Å²) in [7, 11) is 1.57. The number of rotatable bonds is 5. The molecule has 1 aromatic heterocycles. The van der Waals surface area contributed by atoms with Gasteiger partial charge in [0.15, 0.2) is 0 Å². The molecule has 0 saturated heterocycles. The maximum absolute atomic E-state index is 11.5. The molecule has 0 spiro atoms. The number of nitrogens with zero attached hydrogens (tertiary/aromatic N) is 3. The molecular formula is C11H15N3O2S. The molecule has 1 amide bonds. The van der Waals surface area contributed by atoms with Crippen LogP contribution in [0.5, 0.6) is 0 Å². The highest BCUT2D eigenvalue weighted by Gasteiger charge is 2.09. The van der Waals surface area contributed by atoms with Crippen molar-refractivity contribution in [3.05, 3.63) is 28.9 Å². The second-order valence-electron chi connectivity index (χ2n) is 3.19. The summed E-state index contributed by atoms with van der Waals surface area (Å²) in [5.41, 5.74) is 2.77. The van der Waals surface area contributed by atoms with Gasteiger partial charge in [-0.25, -0.2) is 14.7 Å². The Labute approximate surface area is 104 Å². The van der Waals surface area contributed by atoms with E-state index in [1.807, 2.05) is 6.92 Å². The molecule has 1 heterocycles. The summed E-state index contributed by atoms with van der Waals surface area (Å²) >= 11 is 1.56. The van der Waals surface area contributed by atoms with Crippen LogP contribution in [0.2, 0.25) is 0 Å². The van der Waals surface area contributed by atoms with E-state index in [1.165, 1.54) is 17.4 Å². The Morgan fingerprint density at radius 1 is 1.76 bits per heavy atom. The molecule has 0 unspecified atom stereocenters. The fourth-order valence-electron chi connectivity index (χ4n) is 1.16. The number of ether oxygens (including phenoxy) is 1. The van der Waals surface area contributed by atoms with Crippen molar-refractivity contribution in [3.63, 3.8) is 0 Å². The van der Waals surface area contributed by atoms with Crippen LogP contribution >= 0.6 is 11.3 Å². The molecule has 5 nitrogen and oxygen atoms in total. The van der Waals surface area contributed by atoms with Crippen LogP contribution in [0.1, 0.15) is 10.6 Å². The largest absolute Gasteiger partial charge is 0.449 e. The smallest absolute Gasteiger partial charge is 0.419 e. The molecule has 0 atom stereocenters. The van der Waals surface area contributed by atoms with E-state index in [0.717, 1.165) is 10.6 Å². The van der Waals surface area contributed by atoms with Crippen molar-refractivity contribution < 1.29 is 9.53 Å². The van der Waals surface area contributed by atoms with Crippen molar-refractivity contribution >= 4 is 23.8 Å². The predicted molar refractivity (Wildman–Crippen MR) is 68.4 cm³/mol. The lowest BCUT2D eigenvalue weighted by Crippen LogP contribution is -2.25. The zero-order valence-corrected chi connectivity index (χ0v) is 10.7. The van der Waals surface area contributed by atoms with Gasteiger partial charge in [-0.1, -0.05) is 6.58 Å². The van der Waals surface area contributed by atoms with Gasteiger partial charge in [-0.2, -0.15) is 0 Å². The molecule has 0 aliphatic heterocycles.